The minimum Gasteiger partial charge on any atom is -0.418 e. The number of carbonyl (C=O) groups is 1. The highest BCUT2D eigenvalue weighted by atomic mass is 19.1. The van der Waals surface area contributed by atoms with Gasteiger partial charge in [-0.15, -0.1) is 10.2 Å². The standard InChI is InChI=1S/C18H20FN3O2/c1-11-10-13(11)18(23)22-9-5-4-8-15(22)17-21-20-16(24-17)12-6-2-3-7-14(12)19/h2-3,6-7,11,13,15H,4-5,8-10H2,1H3/t11-,13-,15+/m1/s1. The first kappa shape index (κ1) is 15.3. The smallest absolute Gasteiger partial charge is 0.250 e. The molecule has 3 atom stereocenters. The molecule has 1 saturated heterocycles. The summed E-state index contributed by atoms with van der Waals surface area (Å²) < 4.78 is 19.6. The van der Waals surface area contributed by atoms with Crippen LogP contribution >= 0.6 is 0 Å². The van der Waals surface area contributed by atoms with Crippen LogP contribution in [-0.2, 0) is 4.79 Å². The van der Waals surface area contributed by atoms with Crippen LogP contribution in [0.15, 0.2) is 28.7 Å². The normalized spacial score (nSPS) is 26.4. The lowest BCUT2D eigenvalue weighted by atomic mass is 10.0. The van der Waals surface area contributed by atoms with Crippen molar-refractivity contribution in [3.8, 4) is 11.5 Å². The molecule has 1 aliphatic carbocycles. The average Bonchev–Trinajstić information content (AvgIpc) is 3.14. The van der Waals surface area contributed by atoms with Crippen LogP contribution < -0.4 is 0 Å². The lowest BCUT2D eigenvalue weighted by Gasteiger charge is -2.33. The number of amides is 1. The second kappa shape index (κ2) is 6.00. The summed E-state index contributed by atoms with van der Waals surface area (Å²) in [7, 11) is 0. The van der Waals surface area contributed by atoms with E-state index < -0.39 is 5.82 Å². The maximum Gasteiger partial charge on any atom is 0.250 e. The van der Waals surface area contributed by atoms with Gasteiger partial charge < -0.3 is 9.32 Å². The molecular weight excluding hydrogens is 309 g/mol. The zero-order chi connectivity index (χ0) is 16.7. The van der Waals surface area contributed by atoms with Gasteiger partial charge in [0.1, 0.15) is 11.9 Å². The fraction of sp³-hybridized carbons (Fsp3) is 0.500. The van der Waals surface area contributed by atoms with E-state index in [0.29, 0.717) is 17.4 Å². The highest BCUT2D eigenvalue weighted by molar-refractivity contribution is 5.82. The van der Waals surface area contributed by atoms with Crippen molar-refractivity contribution in [2.75, 3.05) is 6.54 Å². The zero-order valence-corrected chi connectivity index (χ0v) is 13.6. The van der Waals surface area contributed by atoms with Crippen LogP contribution in [0, 0.1) is 17.7 Å². The molecule has 24 heavy (non-hydrogen) atoms. The van der Waals surface area contributed by atoms with Crippen LogP contribution in [0.4, 0.5) is 4.39 Å². The maximum absolute atomic E-state index is 13.9. The molecule has 5 nitrogen and oxygen atoms in total. The van der Waals surface area contributed by atoms with Crippen molar-refractivity contribution in [2.24, 2.45) is 11.8 Å². The molecule has 0 unspecified atom stereocenters. The molecule has 1 amide bonds. The van der Waals surface area contributed by atoms with Crippen molar-refractivity contribution >= 4 is 5.91 Å². The molecular formula is C18H20FN3O2. The number of hydrogen-bond donors (Lipinski definition) is 0. The maximum atomic E-state index is 13.9. The Balaban J connectivity index is 1.60. The Morgan fingerprint density at radius 2 is 2.08 bits per heavy atom. The summed E-state index contributed by atoms with van der Waals surface area (Å²) in [4.78, 5) is 14.5. The number of halogens is 1. The number of rotatable bonds is 3. The first-order valence-corrected chi connectivity index (χ1v) is 8.54. The van der Waals surface area contributed by atoms with Crippen LogP contribution in [-0.4, -0.2) is 27.5 Å². The number of hydrogen-bond acceptors (Lipinski definition) is 4. The molecule has 4 rings (SSSR count). The molecule has 6 heteroatoms. The van der Waals surface area contributed by atoms with Crippen molar-refractivity contribution in [3.05, 3.63) is 36.0 Å². The first-order valence-electron chi connectivity index (χ1n) is 8.54. The summed E-state index contributed by atoms with van der Waals surface area (Å²) in [6, 6.07) is 6.14. The minimum atomic E-state index is -0.393. The number of piperidine rings is 1. The van der Waals surface area contributed by atoms with Gasteiger partial charge in [-0.05, 0) is 43.7 Å². The Bertz CT molecular complexity index is 760. The number of likely N-dealkylation sites (tertiary alicyclic amines) is 1. The molecule has 2 heterocycles. The summed E-state index contributed by atoms with van der Waals surface area (Å²) in [6.07, 6.45) is 3.79. The van der Waals surface area contributed by atoms with Gasteiger partial charge in [0.15, 0.2) is 0 Å². The molecule has 0 spiro atoms. The second-order valence-electron chi connectivity index (χ2n) is 6.79. The fourth-order valence-electron chi connectivity index (χ4n) is 3.44. The van der Waals surface area contributed by atoms with Crippen molar-refractivity contribution < 1.29 is 13.6 Å². The van der Waals surface area contributed by atoms with Crippen molar-refractivity contribution in [1.82, 2.24) is 15.1 Å². The van der Waals surface area contributed by atoms with E-state index in [1.807, 2.05) is 4.90 Å². The van der Waals surface area contributed by atoms with Crippen LogP contribution in [0.5, 0.6) is 0 Å². The van der Waals surface area contributed by atoms with Crippen molar-refractivity contribution in [3.63, 3.8) is 0 Å². The summed E-state index contributed by atoms with van der Waals surface area (Å²) in [6.45, 7) is 2.83. The Morgan fingerprint density at radius 1 is 1.29 bits per heavy atom. The van der Waals surface area contributed by atoms with E-state index in [-0.39, 0.29) is 23.8 Å². The lowest BCUT2D eigenvalue weighted by molar-refractivity contribution is -0.137. The predicted octanol–water partition coefficient (Wildman–Crippen LogP) is 3.59. The Kier molecular flexibility index (Phi) is 3.82. The Hall–Kier alpha value is -2.24. The van der Waals surface area contributed by atoms with E-state index in [1.54, 1.807) is 18.2 Å². The van der Waals surface area contributed by atoms with E-state index >= 15 is 0 Å². The SMILES string of the molecule is C[C@@H]1C[C@H]1C(=O)N1CCCC[C@H]1c1nnc(-c2ccccc2F)o1. The quantitative estimate of drug-likeness (QED) is 0.863. The van der Waals surface area contributed by atoms with Gasteiger partial charge in [0.25, 0.3) is 5.89 Å². The molecule has 2 aromatic rings. The molecule has 2 aliphatic rings. The van der Waals surface area contributed by atoms with Crippen molar-refractivity contribution in [2.45, 2.75) is 38.6 Å². The largest absolute Gasteiger partial charge is 0.418 e. The number of benzene rings is 1. The van der Waals surface area contributed by atoms with Gasteiger partial charge in [0.05, 0.1) is 5.56 Å². The molecule has 0 N–H and O–H groups in total. The molecule has 0 bridgehead atoms. The van der Waals surface area contributed by atoms with Crippen LogP contribution in [0.1, 0.15) is 44.5 Å². The lowest BCUT2D eigenvalue weighted by Crippen LogP contribution is -2.39. The topological polar surface area (TPSA) is 59.2 Å². The average molecular weight is 329 g/mol. The number of aromatic nitrogens is 2. The van der Waals surface area contributed by atoms with Gasteiger partial charge in [-0.2, -0.15) is 0 Å². The van der Waals surface area contributed by atoms with Crippen molar-refractivity contribution in [1.29, 1.82) is 0 Å². The Labute approximate surface area is 139 Å². The third kappa shape index (κ3) is 2.70. The molecule has 0 radical (unpaired) electrons. The van der Waals surface area contributed by atoms with Gasteiger partial charge in [-0.3, -0.25) is 4.79 Å². The van der Waals surface area contributed by atoms with E-state index in [0.717, 1.165) is 32.2 Å². The van der Waals surface area contributed by atoms with E-state index in [9.17, 15) is 9.18 Å². The summed E-state index contributed by atoms with van der Waals surface area (Å²) in [5, 5.41) is 8.11. The highest BCUT2D eigenvalue weighted by Gasteiger charge is 2.44. The van der Waals surface area contributed by atoms with Crippen LogP contribution in [0.25, 0.3) is 11.5 Å². The monoisotopic (exact) mass is 329 g/mol. The summed E-state index contributed by atoms with van der Waals surface area (Å²) >= 11 is 0. The second-order valence-corrected chi connectivity index (χ2v) is 6.79. The fourth-order valence-corrected chi connectivity index (χ4v) is 3.44. The predicted molar refractivity (Wildman–Crippen MR) is 85.3 cm³/mol. The Morgan fingerprint density at radius 3 is 2.83 bits per heavy atom. The van der Waals surface area contributed by atoms with Gasteiger partial charge >= 0.3 is 0 Å². The first-order chi connectivity index (χ1) is 11.6. The van der Waals surface area contributed by atoms with Gasteiger partial charge in [-0.25, -0.2) is 4.39 Å². The molecule has 1 saturated carbocycles. The third-order valence-corrected chi connectivity index (χ3v) is 5.04. The van der Waals surface area contributed by atoms with E-state index in [2.05, 4.69) is 17.1 Å². The molecule has 1 aromatic heterocycles. The third-order valence-electron chi connectivity index (χ3n) is 5.04. The van der Waals surface area contributed by atoms with E-state index in [1.165, 1.54) is 6.07 Å². The van der Waals surface area contributed by atoms with Crippen LogP contribution in [0.3, 0.4) is 0 Å². The van der Waals surface area contributed by atoms with Gasteiger partial charge in [0, 0.05) is 12.5 Å². The van der Waals surface area contributed by atoms with Gasteiger partial charge in [0.2, 0.25) is 11.8 Å². The van der Waals surface area contributed by atoms with Gasteiger partial charge in [-0.1, -0.05) is 19.1 Å². The summed E-state index contributed by atoms with van der Waals surface area (Å²) in [5.41, 5.74) is 0.292. The number of nitrogens with zero attached hydrogens (tertiary/aromatic N) is 3. The summed E-state index contributed by atoms with van der Waals surface area (Å²) in [5.74, 6) is 0.987. The van der Waals surface area contributed by atoms with E-state index in [4.69, 9.17) is 4.42 Å². The highest BCUT2D eigenvalue weighted by Crippen LogP contribution is 2.42. The molecule has 1 aliphatic heterocycles. The zero-order valence-electron chi connectivity index (χ0n) is 13.6. The molecule has 126 valence electrons. The minimum absolute atomic E-state index is 0.138. The number of carbonyl (C=O) groups excluding carboxylic acids is 1. The molecule has 1 aromatic carbocycles. The van der Waals surface area contributed by atoms with Crippen LogP contribution in [0.2, 0.25) is 0 Å². The molecule has 2 fully saturated rings.